The van der Waals surface area contributed by atoms with E-state index in [-0.39, 0.29) is 31.1 Å². The molecule has 0 radical (unpaired) electrons. The molecule has 15 nitrogen and oxygen atoms in total. The summed E-state index contributed by atoms with van der Waals surface area (Å²) in [4.78, 5) is 43.2. The molecule has 300 valence electrons. The molecule has 53 heavy (non-hydrogen) atoms. The Labute approximate surface area is 321 Å². The number of unbranched alkanes of at least 4 members (excludes halogenated alkanes) is 1. The highest BCUT2D eigenvalue weighted by Gasteiger charge is 2.33. The molecule has 1 aliphatic heterocycles. The number of hydrogen-bond acceptors (Lipinski definition) is 9. The highest BCUT2D eigenvalue weighted by atomic mass is 32.2. The van der Waals surface area contributed by atoms with Gasteiger partial charge in [-0.05, 0) is 55.8 Å². The summed E-state index contributed by atoms with van der Waals surface area (Å²) < 4.78 is 34.6. The monoisotopic (exact) mass is 782 g/mol. The third-order valence-electron chi connectivity index (χ3n) is 9.79. The number of nitrogens with one attached hydrogen (secondary N) is 6. The number of nitrogens with zero attached hydrogens (tertiary/aromatic N) is 2. The SMILES string of the molecule is CNC(=S)NCCCCC(NC(=O)C(Cc1ccccc1)NS(=O)(=O)N(C)C)C(=O)NC(CC1CCCCC1)C(O)CC(=O)NCCN1CCOCC1. The molecule has 2 aliphatic rings. The normalized spacial score (nSPS) is 18.0. The number of carbonyl (C=O) groups is 3. The molecule has 1 saturated carbocycles. The quantitative estimate of drug-likeness (QED) is 0.0637. The van der Waals surface area contributed by atoms with Crippen molar-refractivity contribution in [3.63, 3.8) is 0 Å². The van der Waals surface area contributed by atoms with Crippen LogP contribution in [0.15, 0.2) is 30.3 Å². The molecule has 4 unspecified atom stereocenters. The van der Waals surface area contributed by atoms with Crippen LogP contribution in [0.4, 0.5) is 0 Å². The summed E-state index contributed by atoms with van der Waals surface area (Å²) in [7, 11) is 0.443. The van der Waals surface area contributed by atoms with E-state index >= 15 is 0 Å². The number of aliphatic hydroxyl groups is 1. The molecule has 1 aromatic rings. The van der Waals surface area contributed by atoms with Crippen LogP contribution in [0.25, 0.3) is 0 Å². The number of carbonyl (C=O) groups excluding carboxylic acids is 3. The zero-order valence-corrected chi connectivity index (χ0v) is 33.2. The Morgan fingerprint density at radius 3 is 2.30 bits per heavy atom. The number of amides is 3. The van der Waals surface area contributed by atoms with Crippen LogP contribution in [-0.2, 0) is 35.8 Å². The van der Waals surface area contributed by atoms with Gasteiger partial charge in [-0.25, -0.2) is 0 Å². The van der Waals surface area contributed by atoms with Gasteiger partial charge in [0.05, 0.1) is 31.8 Å². The van der Waals surface area contributed by atoms with Crippen LogP contribution >= 0.6 is 12.2 Å². The summed E-state index contributed by atoms with van der Waals surface area (Å²) in [5.74, 6) is -1.18. The van der Waals surface area contributed by atoms with Crippen molar-refractivity contribution in [1.82, 2.24) is 40.5 Å². The molecular weight excluding hydrogens is 721 g/mol. The second kappa shape index (κ2) is 23.8. The lowest BCUT2D eigenvalue weighted by molar-refractivity contribution is -0.131. The fourth-order valence-electron chi connectivity index (χ4n) is 6.59. The molecule has 0 aromatic heterocycles. The van der Waals surface area contributed by atoms with E-state index in [1.807, 2.05) is 6.07 Å². The van der Waals surface area contributed by atoms with Gasteiger partial charge in [0.2, 0.25) is 17.7 Å². The van der Waals surface area contributed by atoms with E-state index in [2.05, 4.69) is 36.2 Å². The van der Waals surface area contributed by atoms with Crippen molar-refractivity contribution in [2.75, 3.05) is 67.1 Å². The molecule has 1 aromatic carbocycles. The maximum atomic E-state index is 14.1. The van der Waals surface area contributed by atoms with Crippen LogP contribution in [0.2, 0.25) is 0 Å². The second-order valence-corrected chi connectivity index (χ2v) is 16.5. The predicted octanol–water partition coefficient (Wildman–Crippen LogP) is 0.397. The Hall–Kier alpha value is -2.93. The average molecular weight is 783 g/mol. The lowest BCUT2D eigenvalue weighted by Gasteiger charge is -2.32. The van der Waals surface area contributed by atoms with Gasteiger partial charge in [-0.15, -0.1) is 0 Å². The zero-order valence-electron chi connectivity index (χ0n) is 31.6. The van der Waals surface area contributed by atoms with E-state index in [0.29, 0.717) is 57.2 Å². The molecule has 1 saturated heterocycles. The van der Waals surface area contributed by atoms with Gasteiger partial charge >= 0.3 is 0 Å². The van der Waals surface area contributed by atoms with Crippen LogP contribution in [0.3, 0.4) is 0 Å². The molecule has 4 atom stereocenters. The molecule has 3 rings (SSSR count). The van der Waals surface area contributed by atoms with Gasteiger partial charge in [0.1, 0.15) is 12.1 Å². The Morgan fingerprint density at radius 1 is 0.962 bits per heavy atom. The topological polar surface area (TPSA) is 193 Å². The lowest BCUT2D eigenvalue weighted by Crippen LogP contribution is -2.57. The van der Waals surface area contributed by atoms with Gasteiger partial charge in [-0.3, -0.25) is 19.3 Å². The van der Waals surface area contributed by atoms with Crippen molar-refractivity contribution >= 4 is 45.3 Å². The highest BCUT2D eigenvalue weighted by molar-refractivity contribution is 7.87. The minimum atomic E-state index is -4.01. The molecule has 3 amide bonds. The summed E-state index contributed by atoms with van der Waals surface area (Å²) in [6.07, 6.45) is 5.88. The van der Waals surface area contributed by atoms with Gasteiger partial charge in [0, 0.05) is 53.9 Å². The van der Waals surface area contributed by atoms with Gasteiger partial charge in [0.25, 0.3) is 10.2 Å². The summed E-state index contributed by atoms with van der Waals surface area (Å²) in [6, 6.07) is 6.06. The predicted molar refractivity (Wildman–Crippen MR) is 209 cm³/mol. The molecule has 7 N–H and O–H groups in total. The Balaban J connectivity index is 1.76. The fraction of sp³-hybridized carbons (Fsp3) is 0.722. The third kappa shape index (κ3) is 17.0. The number of aliphatic hydroxyl groups excluding tert-OH is 1. The lowest BCUT2D eigenvalue weighted by atomic mass is 9.83. The van der Waals surface area contributed by atoms with E-state index in [4.69, 9.17) is 17.0 Å². The van der Waals surface area contributed by atoms with Gasteiger partial charge < -0.3 is 36.4 Å². The minimum absolute atomic E-state index is 0.0587. The van der Waals surface area contributed by atoms with Crippen molar-refractivity contribution in [1.29, 1.82) is 0 Å². The maximum absolute atomic E-state index is 14.1. The van der Waals surface area contributed by atoms with Gasteiger partial charge in [0.15, 0.2) is 5.11 Å². The van der Waals surface area contributed by atoms with Crippen LogP contribution in [0.5, 0.6) is 0 Å². The number of hydrogen-bond donors (Lipinski definition) is 7. The average Bonchev–Trinajstić information content (AvgIpc) is 3.14. The first kappa shape index (κ1) is 44.5. The van der Waals surface area contributed by atoms with E-state index in [1.165, 1.54) is 14.1 Å². The molecular formula is C36H62N8O7S2. The highest BCUT2D eigenvalue weighted by Crippen LogP contribution is 2.28. The van der Waals surface area contributed by atoms with E-state index in [9.17, 15) is 27.9 Å². The maximum Gasteiger partial charge on any atom is 0.279 e. The zero-order chi connectivity index (χ0) is 38.6. The van der Waals surface area contributed by atoms with Crippen molar-refractivity contribution in [2.45, 2.75) is 94.9 Å². The van der Waals surface area contributed by atoms with E-state index < -0.39 is 46.3 Å². The number of benzene rings is 1. The number of ether oxygens (including phenoxy) is 1. The summed E-state index contributed by atoms with van der Waals surface area (Å²) in [5.41, 5.74) is 0.737. The molecule has 2 fully saturated rings. The summed E-state index contributed by atoms with van der Waals surface area (Å²) in [6.45, 7) is 4.61. The third-order valence-corrected chi connectivity index (χ3v) is 11.7. The smallest absolute Gasteiger partial charge is 0.279 e. The number of thiocarbonyl (C=S) groups is 1. The largest absolute Gasteiger partial charge is 0.390 e. The van der Waals surface area contributed by atoms with E-state index in [1.54, 1.807) is 31.3 Å². The Bertz CT molecular complexity index is 1380. The molecule has 1 heterocycles. The molecule has 0 spiro atoms. The number of rotatable bonds is 22. The standard InChI is InChI=1S/C36H62N8O7S2/c1-37-36(52)39-17-11-10-16-29(40-35(48)31(42-53(49,50)43(2)3)25-28-14-8-5-9-15-28)34(47)41-30(24-27-12-6-4-7-13-27)32(45)26-33(46)38-18-19-44-20-22-51-23-21-44/h5,8-9,14-15,27,29-32,42,45H,4,6-7,10-13,16-26H2,1-3H3,(H,38,46)(H,40,48)(H,41,47)(H2,37,39,52). The minimum Gasteiger partial charge on any atom is -0.390 e. The van der Waals surface area contributed by atoms with Crippen molar-refractivity contribution in [3.05, 3.63) is 35.9 Å². The molecule has 0 bridgehead atoms. The first-order chi connectivity index (χ1) is 25.4. The van der Waals surface area contributed by atoms with Crippen LogP contribution in [-0.4, -0.2) is 137 Å². The van der Waals surface area contributed by atoms with E-state index in [0.717, 1.165) is 55.1 Å². The molecule has 1 aliphatic carbocycles. The van der Waals surface area contributed by atoms with Crippen molar-refractivity contribution in [2.24, 2.45) is 5.92 Å². The first-order valence-electron chi connectivity index (χ1n) is 18.9. The summed E-state index contributed by atoms with van der Waals surface area (Å²) >= 11 is 5.16. The van der Waals surface area contributed by atoms with Crippen LogP contribution in [0, 0.1) is 5.92 Å². The fourth-order valence-corrected chi connectivity index (χ4v) is 7.45. The van der Waals surface area contributed by atoms with Gasteiger partial charge in [-0.2, -0.15) is 17.4 Å². The summed E-state index contributed by atoms with van der Waals surface area (Å²) in [5, 5.41) is 26.6. The van der Waals surface area contributed by atoms with Crippen molar-refractivity contribution in [3.8, 4) is 0 Å². The van der Waals surface area contributed by atoms with Crippen molar-refractivity contribution < 1.29 is 32.6 Å². The van der Waals surface area contributed by atoms with Crippen LogP contribution in [0.1, 0.15) is 69.8 Å². The van der Waals surface area contributed by atoms with Crippen LogP contribution < -0.4 is 31.3 Å². The Kier molecular flexibility index (Phi) is 19.9. The Morgan fingerprint density at radius 2 is 1.64 bits per heavy atom. The molecule has 17 heteroatoms. The first-order valence-corrected chi connectivity index (χ1v) is 20.8. The van der Waals surface area contributed by atoms with Gasteiger partial charge in [-0.1, -0.05) is 62.4 Å². The second-order valence-electron chi connectivity index (χ2n) is 14.1. The number of morpholine rings is 1.